The van der Waals surface area contributed by atoms with Crippen molar-refractivity contribution in [2.24, 2.45) is 0 Å². The van der Waals surface area contributed by atoms with Crippen molar-refractivity contribution in [1.82, 2.24) is 14.7 Å². The molecule has 5 rings (SSSR count). The second kappa shape index (κ2) is 9.51. The van der Waals surface area contributed by atoms with E-state index >= 15 is 0 Å². The van der Waals surface area contributed by atoms with Gasteiger partial charge in [0.1, 0.15) is 23.2 Å². The molecular weight excluding hydrogens is 446 g/mol. The predicted octanol–water partition coefficient (Wildman–Crippen LogP) is 1.94. The van der Waals surface area contributed by atoms with Gasteiger partial charge in [0.05, 0.1) is 31.3 Å². The zero-order valence-corrected chi connectivity index (χ0v) is 20.4. The minimum absolute atomic E-state index is 0.0545. The van der Waals surface area contributed by atoms with Crippen LogP contribution in [-0.2, 0) is 17.8 Å². The molecule has 0 aliphatic carbocycles. The Morgan fingerprint density at radius 1 is 1.17 bits per heavy atom. The van der Waals surface area contributed by atoms with Crippen LogP contribution in [0.5, 0.6) is 11.5 Å². The quantitative estimate of drug-likeness (QED) is 0.612. The molecular formula is C27H33N3O5. The van der Waals surface area contributed by atoms with E-state index in [1.54, 1.807) is 28.0 Å². The maximum atomic E-state index is 13.4. The van der Waals surface area contributed by atoms with Crippen molar-refractivity contribution in [2.45, 2.75) is 44.6 Å². The summed E-state index contributed by atoms with van der Waals surface area (Å²) < 4.78 is 12.2. The summed E-state index contributed by atoms with van der Waals surface area (Å²) in [5.41, 5.74) is 2.51. The highest BCUT2D eigenvalue weighted by atomic mass is 16.5. The van der Waals surface area contributed by atoms with Crippen LogP contribution in [0.3, 0.4) is 0 Å². The van der Waals surface area contributed by atoms with Gasteiger partial charge in [-0.25, -0.2) is 0 Å². The van der Waals surface area contributed by atoms with Crippen molar-refractivity contribution >= 4 is 12.3 Å². The predicted molar refractivity (Wildman–Crippen MR) is 131 cm³/mol. The molecule has 1 N–H and O–H groups in total. The van der Waals surface area contributed by atoms with Gasteiger partial charge >= 0.3 is 0 Å². The van der Waals surface area contributed by atoms with Crippen molar-refractivity contribution in [3.63, 3.8) is 0 Å². The maximum absolute atomic E-state index is 13.4. The first-order chi connectivity index (χ1) is 16.8. The molecule has 0 unspecified atom stereocenters. The Bertz CT molecular complexity index is 1100. The first kappa shape index (κ1) is 23.6. The largest absolute Gasteiger partial charge is 0.487 e. The Morgan fingerprint density at radius 2 is 1.94 bits per heavy atom. The first-order valence-corrected chi connectivity index (χ1v) is 12.3. The minimum Gasteiger partial charge on any atom is -0.487 e. The van der Waals surface area contributed by atoms with E-state index in [0.717, 1.165) is 25.9 Å². The van der Waals surface area contributed by atoms with Gasteiger partial charge in [-0.3, -0.25) is 14.5 Å². The lowest BCUT2D eigenvalue weighted by Crippen LogP contribution is -2.52. The van der Waals surface area contributed by atoms with Crippen molar-refractivity contribution in [2.75, 3.05) is 39.3 Å². The fourth-order valence-electron chi connectivity index (χ4n) is 5.16. The fraction of sp³-hybridized carbons (Fsp3) is 0.481. The summed E-state index contributed by atoms with van der Waals surface area (Å²) >= 11 is 0. The number of hydrogen-bond acceptors (Lipinski definition) is 6. The number of fused-ring (bicyclic) bond motifs is 2. The van der Waals surface area contributed by atoms with E-state index in [1.165, 1.54) is 11.1 Å². The molecule has 0 radical (unpaired) electrons. The molecule has 2 amide bonds. The van der Waals surface area contributed by atoms with Crippen molar-refractivity contribution < 1.29 is 24.2 Å². The molecule has 0 aromatic heterocycles. The number of ether oxygens (including phenoxy) is 2. The van der Waals surface area contributed by atoms with Gasteiger partial charge in [-0.15, -0.1) is 0 Å². The third-order valence-electron chi connectivity index (χ3n) is 6.87. The summed E-state index contributed by atoms with van der Waals surface area (Å²) in [4.78, 5) is 29.8. The third kappa shape index (κ3) is 5.28. The molecule has 0 saturated carbocycles. The lowest BCUT2D eigenvalue weighted by Gasteiger charge is -2.36. The number of nitrogens with zero attached hydrogens (tertiary/aromatic N) is 3. The SMILES string of the molecule is CC1(C)CN(C[C@H](O)CN2CCc3ccccc3C2)C(=O)c2ccc(OC3CN(C=O)C3)cc2O1. The zero-order chi connectivity index (χ0) is 24.6. The van der Waals surface area contributed by atoms with E-state index in [4.69, 9.17) is 9.47 Å². The van der Waals surface area contributed by atoms with Gasteiger partial charge in [-0.2, -0.15) is 0 Å². The summed E-state index contributed by atoms with van der Waals surface area (Å²) in [7, 11) is 0. The van der Waals surface area contributed by atoms with E-state index in [9.17, 15) is 14.7 Å². The molecule has 8 nitrogen and oxygen atoms in total. The van der Waals surface area contributed by atoms with E-state index < -0.39 is 11.7 Å². The normalized spacial score (nSPS) is 20.7. The molecule has 0 spiro atoms. The molecule has 3 aliphatic heterocycles. The molecule has 2 aromatic carbocycles. The Labute approximate surface area is 206 Å². The van der Waals surface area contributed by atoms with Crippen LogP contribution in [0.2, 0.25) is 0 Å². The Kier molecular flexibility index (Phi) is 6.42. The number of aliphatic hydroxyl groups excluding tert-OH is 1. The van der Waals surface area contributed by atoms with Crippen molar-refractivity contribution in [1.29, 1.82) is 0 Å². The molecule has 186 valence electrons. The molecule has 1 fully saturated rings. The van der Waals surface area contributed by atoms with Crippen LogP contribution in [0.25, 0.3) is 0 Å². The number of carbonyl (C=O) groups is 2. The Balaban J connectivity index is 1.25. The van der Waals surface area contributed by atoms with E-state index in [1.807, 2.05) is 13.8 Å². The number of carbonyl (C=O) groups excluding carboxylic acids is 2. The molecule has 8 heteroatoms. The van der Waals surface area contributed by atoms with Gasteiger partial charge < -0.3 is 24.4 Å². The summed E-state index contributed by atoms with van der Waals surface area (Å²) in [6.07, 6.45) is 1.07. The van der Waals surface area contributed by atoms with Gasteiger partial charge in [0.25, 0.3) is 5.91 Å². The third-order valence-corrected chi connectivity index (χ3v) is 6.87. The van der Waals surface area contributed by atoms with E-state index in [2.05, 4.69) is 29.2 Å². The Morgan fingerprint density at radius 3 is 2.71 bits per heavy atom. The zero-order valence-electron chi connectivity index (χ0n) is 20.4. The van der Waals surface area contributed by atoms with Gasteiger partial charge in [0.2, 0.25) is 6.41 Å². The van der Waals surface area contributed by atoms with Gasteiger partial charge in [-0.1, -0.05) is 24.3 Å². The average Bonchev–Trinajstić information content (AvgIpc) is 2.88. The number of hydrogen-bond donors (Lipinski definition) is 1. The summed E-state index contributed by atoms with van der Waals surface area (Å²) in [5.74, 6) is 0.936. The maximum Gasteiger partial charge on any atom is 0.257 e. The number of β-amino-alcohol motifs (C(OH)–C–C–N with tert-alkyl or cyclic N) is 1. The standard InChI is InChI=1S/C27H33N3O5/c1-27(2)17-30(14-21(32)13-28-10-9-19-5-3-4-6-20(19)12-28)26(33)24-8-7-22(11-25(24)35-27)34-23-15-29(16-23)18-31/h3-8,11,18,21,23,32H,9-10,12-17H2,1-2H3/t21-/m1/s1. The van der Waals surface area contributed by atoms with Crippen LogP contribution in [0, 0.1) is 0 Å². The smallest absolute Gasteiger partial charge is 0.257 e. The number of benzene rings is 2. The number of rotatable bonds is 7. The van der Waals surface area contributed by atoms with E-state index in [0.29, 0.717) is 43.2 Å². The van der Waals surface area contributed by atoms with Crippen LogP contribution in [0.1, 0.15) is 35.3 Å². The minimum atomic E-state index is -0.663. The highest BCUT2D eigenvalue weighted by Gasteiger charge is 2.35. The van der Waals surface area contributed by atoms with Gasteiger partial charge in [-0.05, 0) is 43.5 Å². The highest BCUT2D eigenvalue weighted by molar-refractivity contribution is 5.97. The number of amides is 2. The molecule has 1 saturated heterocycles. The second-order valence-corrected chi connectivity index (χ2v) is 10.4. The summed E-state index contributed by atoms with van der Waals surface area (Å²) in [5, 5.41) is 10.9. The monoisotopic (exact) mass is 479 g/mol. The molecule has 35 heavy (non-hydrogen) atoms. The van der Waals surface area contributed by atoms with Crippen LogP contribution >= 0.6 is 0 Å². The first-order valence-electron chi connectivity index (χ1n) is 12.3. The van der Waals surface area contributed by atoms with Crippen LogP contribution in [0.15, 0.2) is 42.5 Å². The lowest BCUT2D eigenvalue weighted by atomic mass is 9.99. The molecule has 1 atom stereocenters. The van der Waals surface area contributed by atoms with E-state index in [-0.39, 0.29) is 18.6 Å². The number of likely N-dealkylation sites (tertiary alicyclic amines) is 1. The molecule has 2 aromatic rings. The average molecular weight is 480 g/mol. The topological polar surface area (TPSA) is 82.6 Å². The van der Waals surface area contributed by atoms with Gasteiger partial charge in [0.15, 0.2) is 0 Å². The van der Waals surface area contributed by atoms with Crippen molar-refractivity contribution in [3.8, 4) is 11.5 Å². The summed E-state index contributed by atoms with van der Waals surface area (Å²) in [6, 6.07) is 13.7. The highest BCUT2D eigenvalue weighted by Crippen LogP contribution is 2.33. The van der Waals surface area contributed by atoms with Crippen molar-refractivity contribution in [3.05, 3.63) is 59.2 Å². The fourth-order valence-corrected chi connectivity index (χ4v) is 5.16. The van der Waals surface area contributed by atoms with Crippen LogP contribution < -0.4 is 9.47 Å². The summed E-state index contributed by atoms with van der Waals surface area (Å²) in [6.45, 7) is 7.83. The van der Waals surface area contributed by atoms with Crippen LogP contribution in [-0.4, -0.2) is 89.2 Å². The number of aliphatic hydroxyl groups is 1. The van der Waals surface area contributed by atoms with Gasteiger partial charge in [0, 0.05) is 32.2 Å². The molecule has 0 bridgehead atoms. The molecule has 3 heterocycles. The second-order valence-electron chi connectivity index (χ2n) is 10.4. The van der Waals surface area contributed by atoms with Crippen LogP contribution in [0.4, 0.5) is 0 Å². The molecule has 3 aliphatic rings. The lowest BCUT2D eigenvalue weighted by molar-refractivity contribution is -0.126. The Hall–Kier alpha value is -3.10.